The molecule has 150 valence electrons. The summed E-state index contributed by atoms with van der Waals surface area (Å²) in [5.41, 5.74) is 0.321. The van der Waals surface area contributed by atoms with Crippen LogP contribution in [0.2, 0.25) is 0 Å². The molecule has 11 heteroatoms. The lowest BCUT2D eigenvalue weighted by Crippen LogP contribution is -2.13. The zero-order valence-electron chi connectivity index (χ0n) is 15.1. The molecule has 0 spiro atoms. The number of amides is 1. The lowest BCUT2D eigenvalue weighted by atomic mass is 10.2. The number of hydrogen-bond acceptors (Lipinski definition) is 9. The van der Waals surface area contributed by atoms with E-state index in [2.05, 4.69) is 15.5 Å². The summed E-state index contributed by atoms with van der Waals surface area (Å²) < 4.78 is 10.7. The first-order chi connectivity index (χ1) is 14.5. The van der Waals surface area contributed by atoms with Crippen LogP contribution in [0, 0.1) is 10.1 Å². The number of nitro benzene ring substituents is 1. The molecule has 0 unspecified atom stereocenters. The average Bonchev–Trinajstić information content (AvgIpc) is 3.21. The molecule has 0 aliphatic heterocycles. The first-order valence-corrected chi connectivity index (χ1v) is 9.52. The summed E-state index contributed by atoms with van der Waals surface area (Å²) in [4.78, 5) is 34.4. The number of nitrogens with zero attached hydrogens (tertiary/aromatic N) is 3. The van der Waals surface area contributed by atoms with Gasteiger partial charge in [0.1, 0.15) is 11.1 Å². The van der Waals surface area contributed by atoms with E-state index in [1.807, 2.05) is 6.07 Å². The van der Waals surface area contributed by atoms with Gasteiger partial charge in [0, 0.05) is 23.2 Å². The maximum Gasteiger partial charge on any atom is 0.349 e. The van der Waals surface area contributed by atoms with Crippen molar-refractivity contribution in [3.63, 3.8) is 0 Å². The first kappa shape index (κ1) is 19.3. The Bertz CT molecular complexity index is 1300. The first-order valence-electron chi connectivity index (χ1n) is 8.53. The van der Waals surface area contributed by atoms with Crippen molar-refractivity contribution < 1.29 is 18.6 Å². The molecule has 0 radical (unpaired) electrons. The minimum absolute atomic E-state index is 0.00669. The quantitative estimate of drug-likeness (QED) is 0.213. The number of fused-ring (bicyclic) bond motifs is 1. The summed E-state index contributed by atoms with van der Waals surface area (Å²) in [6.45, 7) is 0. The van der Waals surface area contributed by atoms with Crippen LogP contribution in [0.25, 0.3) is 22.4 Å². The second-order valence-corrected chi connectivity index (χ2v) is 6.93. The second kappa shape index (κ2) is 8.17. The maximum atomic E-state index is 12.2. The van der Waals surface area contributed by atoms with Crippen LogP contribution >= 0.6 is 11.8 Å². The van der Waals surface area contributed by atoms with Crippen molar-refractivity contribution in [3.8, 4) is 11.5 Å². The fourth-order valence-electron chi connectivity index (χ4n) is 2.58. The van der Waals surface area contributed by atoms with Crippen molar-refractivity contribution in [3.05, 3.63) is 75.1 Å². The standard InChI is InChI=1S/C19H12N4O6S/c24-16(20-12-5-7-13(8-6-12)23(26)27)10-30-19-22-21-17(29-19)14-9-11-3-1-2-4-15(11)28-18(14)25/h1-9H,10H2,(H,20,24). The topological polar surface area (TPSA) is 141 Å². The van der Waals surface area contributed by atoms with E-state index in [0.29, 0.717) is 16.7 Å². The van der Waals surface area contributed by atoms with Gasteiger partial charge in [-0.25, -0.2) is 4.79 Å². The highest BCUT2D eigenvalue weighted by atomic mass is 32.2. The molecule has 30 heavy (non-hydrogen) atoms. The number of nitro groups is 1. The predicted octanol–water partition coefficient (Wildman–Crippen LogP) is 3.48. The van der Waals surface area contributed by atoms with E-state index < -0.39 is 10.5 Å². The van der Waals surface area contributed by atoms with Crippen LogP contribution in [0.5, 0.6) is 0 Å². The number of benzene rings is 2. The van der Waals surface area contributed by atoms with E-state index in [4.69, 9.17) is 8.83 Å². The Balaban J connectivity index is 1.41. The van der Waals surface area contributed by atoms with Gasteiger partial charge in [-0.05, 0) is 24.3 Å². The van der Waals surface area contributed by atoms with E-state index in [-0.39, 0.29) is 34.0 Å². The fraction of sp³-hybridized carbons (Fsp3) is 0.0526. The van der Waals surface area contributed by atoms with Crippen LogP contribution in [-0.4, -0.2) is 26.8 Å². The summed E-state index contributed by atoms with van der Waals surface area (Å²) >= 11 is 0.988. The Labute approximate surface area is 172 Å². The number of hydrogen-bond donors (Lipinski definition) is 1. The molecule has 0 fully saturated rings. The van der Waals surface area contributed by atoms with Crippen molar-refractivity contribution in [2.24, 2.45) is 0 Å². The van der Waals surface area contributed by atoms with Gasteiger partial charge in [-0.15, -0.1) is 10.2 Å². The smallest absolute Gasteiger partial charge is 0.349 e. The number of para-hydroxylation sites is 1. The molecule has 4 rings (SSSR count). The molecule has 0 aliphatic rings. The summed E-state index contributed by atoms with van der Waals surface area (Å²) in [5.74, 6) is -0.406. The highest BCUT2D eigenvalue weighted by molar-refractivity contribution is 7.99. The van der Waals surface area contributed by atoms with Gasteiger partial charge in [0.25, 0.3) is 16.8 Å². The molecule has 4 aromatic rings. The van der Waals surface area contributed by atoms with Crippen LogP contribution in [0.4, 0.5) is 11.4 Å². The predicted molar refractivity (Wildman–Crippen MR) is 108 cm³/mol. The Morgan fingerprint density at radius 1 is 1.10 bits per heavy atom. The Morgan fingerprint density at radius 3 is 2.63 bits per heavy atom. The van der Waals surface area contributed by atoms with Gasteiger partial charge in [0.05, 0.1) is 10.7 Å². The van der Waals surface area contributed by atoms with Crippen molar-refractivity contribution in [1.29, 1.82) is 0 Å². The lowest BCUT2D eigenvalue weighted by molar-refractivity contribution is -0.384. The maximum absolute atomic E-state index is 12.2. The summed E-state index contributed by atoms with van der Waals surface area (Å²) in [7, 11) is 0. The summed E-state index contributed by atoms with van der Waals surface area (Å²) in [6, 6.07) is 14.1. The van der Waals surface area contributed by atoms with E-state index >= 15 is 0 Å². The van der Waals surface area contributed by atoms with Crippen molar-refractivity contribution in [1.82, 2.24) is 10.2 Å². The van der Waals surface area contributed by atoms with E-state index in [1.54, 1.807) is 24.3 Å². The van der Waals surface area contributed by atoms with E-state index in [1.165, 1.54) is 24.3 Å². The monoisotopic (exact) mass is 424 g/mol. The van der Waals surface area contributed by atoms with Crippen LogP contribution < -0.4 is 10.9 Å². The van der Waals surface area contributed by atoms with Gasteiger partial charge < -0.3 is 14.2 Å². The van der Waals surface area contributed by atoms with Gasteiger partial charge in [0.2, 0.25) is 5.91 Å². The highest BCUT2D eigenvalue weighted by Crippen LogP contribution is 2.24. The molecule has 2 aromatic heterocycles. The highest BCUT2D eigenvalue weighted by Gasteiger charge is 2.16. The Kier molecular flexibility index (Phi) is 5.26. The Hall–Kier alpha value is -3.99. The number of carbonyl (C=O) groups excluding carboxylic acids is 1. The number of carbonyl (C=O) groups is 1. The molecule has 0 saturated heterocycles. The third-order valence-electron chi connectivity index (χ3n) is 3.97. The molecule has 0 saturated carbocycles. The summed E-state index contributed by atoms with van der Waals surface area (Å²) in [6.07, 6.45) is 0. The van der Waals surface area contributed by atoms with Crippen molar-refractivity contribution in [2.75, 3.05) is 11.1 Å². The number of rotatable bonds is 6. The van der Waals surface area contributed by atoms with Gasteiger partial charge in [-0.2, -0.15) is 0 Å². The number of thioether (sulfide) groups is 1. The Morgan fingerprint density at radius 2 is 1.87 bits per heavy atom. The summed E-state index contributed by atoms with van der Waals surface area (Å²) in [5, 5.41) is 21.8. The second-order valence-electron chi connectivity index (χ2n) is 6.00. The third-order valence-corrected chi connectivity index (χ3v) is 4.79. The van der Waals surface area contributed by atoms with E-state index in [9.17, 15) is 19.7 Å². The molecule has 0 bridgehead atoms. The molecule has 0 aliphatic carbocycles. The number of anilines is 1. The average molecular weight is 424 g/mol. The number of aromatic nitrogens is 2. The van der Waals surface area contributed by atoms with Crippen LogP contribution in [-0.2, 0) is 4.79 Å². The number of non-ortho nitro benzene ring substituents is 1. The molecule has 2 aromatic carbocycles. The van der Waals surface area contributed by atoms with Crippen molar-refractivity contribution >= 4 is 40.0 Å². The minimum Gasteiger partial charge on any atom is -0.422 e. The molecule has 0 atom stereocenters. The normalized spacial score (nSPS) is 10.8. The SMILES string of the molecule is O=C(CSc1nnc(-c2cc3ccccc3oc2=O)o1)Nc1ccc([N+](=O)[O-])cc1. The van der Waals surface area contributed by atoms with Gasteiger partial charge in [-0.3, -0.25) is 14.9 Å². The molecule has 10 nitrogen and oxygen atoms in total. The molecule has 2 heterocycles. The van der Waals surface area contributed by atoms with Crippen LogP contribution in [0.3, 0.4) is 0 Å². The number of nitrogens with one attached hydrogen (secondary N) is 1. The van der Waals surface area contributed by atoms with Gasteiger partial charge in [0.15, 0.2) is 0 Å². The largest absolute Gasteiger partial charge is 0.422 e. The minimum atomic E-state index is -0.607. The zero-order valence-corrected chi connectivity index (χ0v) is 15.9. The molecule has 1 amide bonds. The fourth-order valence-corrected chi connectivity index (χ4v) is 3.14. The zero-order chi connectivity index (χ0) is 21.1. The van der Waals surface area contributed by atoms with Crippen molar-refractivity contribution in [2.45, 2.75) is 5.22 Å². The van der Waals surface area contributed by atoms with Gasteiger partial charge >= 0.3 is 5.63 Å². The third kappa shape index (κ3) is 4.20. The molecular weight excluding hydrogens is 412 g/mol. The van der Waals surface area contributed by atoms with Crippen LogP contribution in [0.15, 0.2) is 73.4 Å². The lowest BCUT2D eigenvalue weighted by Gasteiger charge is -2.03. The van der Waals surface area contributed by atoms with E-state index in [0.717, 1.165) is 11.8 Å². The molecule has 1 N–H and O–H groups in total. The molecular formula is C19H12N4O6S. The van der Waals surface area contributed by atoms with Crippen LogP contribution in [0.1, 0.15) is 0 Å². The van der Waals surface area contributed by atoms with Gasteiger partial charge in [-0.1, -0.05) is 30.0 Å².